The number of carbonyl (C=O) groups is 1. The Bertz CT molecular complexity index is 1020. The van der Waals surface area contributed by atoms with Crippen molar-refractivity contribution in [2.45, 2.75) is 32.9 Å². The summed E-state index contributed by atoms with van der Waals surface area (Å²) in [7, 11) is 0. The van der Waals surface area contributed by atoms with Gasteiger partial charge in [-0.05, 0) is 51.0 Å². The van der Waals surface area contributed by atoms with Gasteiger partial charge in [-0.25, -0.2) is 4.40 Å². The lowest BCUT2D eigenvalue weighted by Gasteiger charge is -2.10. The topological polar surface area (TPSA) is 118 Å². The van der Waals surface area contributed by atoms with Crippen LogP contribution in [0.5, 0.6) is 5.75 Å². The van der Waals surface area contributed by atoms with E-state index in [4.69, 9.17) is 4.74 Å². The van der Waals surface area contributed by atoms with Crippen molar-refractivity contribution in [2.24, 2.45) is 0 Å². The Labute approximate surface area is 185 Å². The van der Waals surface area contributed by atoms with E-state index in [1.54, 1.807) is 4.40 Å². The number of nitrogens with zero attached hydrogens (tertiary/aromatic N) is 5. The van der Waals surface area contributed by atoms with Crippen molar-refractivity contribution in [3.63, 3.8) is 0 Å². The molecule has 0 saturated heterocycles. The molecule has 0 unspecified atom stereocenters. The summed E-state index contributed by atoms with van der Waals surface area (Å²) in [6, 6.07) is 6.05. The summed E-state index contributed by atoms with van der Waals surface area (Å²) in [6.07, 6.45) is 0. The predicted molar refractivity (Wildman–Crippen MR) is 122 cm³/mol. The van der Waals surface area contributed by atoms with Crippen LogP contribution in [0.4, 0.5) is 11.9 Å². The van der Waals surface area contributed by atoms with Crippen LogP contribution in [0.25, 0.3) is 5.78 Å². The average molecular weight is 445 g/mol. The number of nitrogens with one attached hydrogen (secondary N) is 3. The van der Waals surface area contributed by atoms with Crippen molar-refractivity contribution in [3.8, 4) is 5.75 Å². The van der Waals surface area contributed by atoms with Gasteiger partial charge < -0.3 is 20.7 Å². The van der Waals surface area contributed by atoms with Gasteiger partial charge in [0.25, 0.3) is 5.78 Å². The lowest BCUT2D eigenvalue weighted by Crippen LogP contribution is -2.29. The molecule has 2 heterocycles. The maximum Gasteiger partial charge on any atom is 0.261 e. The highest BCUT2D eigenvalue weighted by Gasteiger charge is 2.15. The highest BCUT2D eigenvalue weighted by atomic mass is 32.2. The lowest BCUT2D eigenvalue weighted by molar-refractivity contribution is -0.118. The Hall–Kier alpha value is -3.08. The van der Waals surface area contributed by atoms with E-state index in [-0.39, 0.29) is 11.7 Å². The summed E-state index contributed by atoms with van der Waals surface area (Å²) in [5.41, 5.74) is 2.30. The molecule has 0 aliphatic rings. The summed E-state index contributed by atoms with van der Waals surface area (Å²) in [6.45, 7) is 10.2. The van der Waals surface area contributed by atoms with Crippen molar-refractivity contribution < 1.29 is 9.53 Å². The molecule has 1 amide bonds. The van der Waals surface area contributed by atoms with E-state index in [9.17, 15) is 4.79 Å². The molecule has 0 aliphatic carbocycles. The van der Waals surface area contributed by atoms with E-state index in [0.717, 1.165) is 16.9 Å². The minimum Gasteiger partial charge on any atom is -0.492 e. The van der Waals surface area contributed by atoms with Crippen LogP contribution in [0.1, 0.15) is 25.0 Å². The third-order valence-corrected chi connectivity index (χ3v) is 5.07. The molecular weight excluding hydrogens is 416 g/mol. The number of rotatable bonds is 11. The van der Waals surface area contributed by atoms with Crippen LogP contribution in [0.3, 0.4) is 0 Å². The zero-order chi connectivity index (χ0) is 22.2. The second-order valence-corrected chi connectivity index (χ2v) is 7.80. The first-order valence-corrected chi connectivity index (χ1v) is 11.2. The van der Waals surface area contributed by atoms with E-state index >= 15 is 0 Å². The van der Waals surface area contributed by atoms with Gasteiger partial charge in [0.2, 0.25) is 17.8 Å². The number of fused-ring (bicyclic) bond motifs is 1. The number of aryl methyl sites for hydroxylation is 2. The first kappa shape index (κ1) is 22.6. The number of amides is 1. The van der Waals surface area contributed by atoms with Crippen LogP contribution in [-0.2, 0) is 4.79 Å². The molecule has 10 nitrogen and oxygen atoms in total. The zero-order valence-corrected chi connectivity index (χ0v) is 19.0. The Morgan fingerprint density at radius 3 is 2.52 bits per heavy atom. The average Bonchev–Trinajstić information content (AvgIpc) is 3.13. The van der Waals surface area contributed by atoms with Crippen molar-refractivity contribution in [1.29, 1.82) is 0 Å². The summed E-state index contributed by atoms with van der Waals surface area (Å²) < 4.78 is 7.43. The predicted octanol–water partition coefficient (Wildman–Crippen LogP) is 2.29. The molecule has 0 spiro atoms. The molecule has 0 radical (unpaired) electrons. The molecule has 1 aromatic carbocycles. The number of hydrogen-bond donors (Lipinski definition) is 3. The van der Waals surface area contributed by atoms with Crippen molar-refractivity contribution >= 4 is 35.3 Å². The summed E-state index contributed by atoms with van der Waals surface area (Å²) in [4.78, 5) is 21.1. The quantitative estimate of drug-likeness (QED) is 0.302. The molecule has 31 heavy (non-hydrogen) atoms. The zero-order valence-electron chi connectivity index (χ0n) is 18.2. The largest absolute Gasteiger partial charge is 0.492 e. The first-order valence-electron chi connectivity index (χ1n) is 10.2. The number of benzene rings is 1. The fourth-order valence-electron chi connectivity index (χ4n) is 2.95. The SMILES string of the molecule is CCNc1nc(NCC)n2c(SCC(=O)NCCOc3cc(C)cc(C)c3)nnc2n1. The molecule has 3 N–H and O–H groups in total. The van der Waals surface area contributed by atoms with E-state index in [2.05, 4.69) is 42.2 Å². The van der Waals surface area contributed by atoms with Gasteiger partial charge in [0, 0.05) is 13.1 Å². The maximum atomic E-state index is 12.2. The number of thioether (sulfide) groups is 1. The molecule has 3 rings (SSSR count). The van der Waals surface area contributed by atoms with Crippen molar-refractivity contribution in [1.82, 2.24) is 29.9 Å². The van der Waals surface area contributed by atoms with Gasteiger partial charge in [-0.1, -0.05) is 17.8 Å². The van der Waals surface area contributed by atoms with Crippen molar-refractivity contribution in [2.75, 3.05) is 42.6 Å². The number of anilines is 2. The normalized spacial score (nSPS) is 10.8. The first-order chi connectivity index (χ1) is 15.0. The molecule has 2 aromatic heterocycles. The molecule has 11 heteroatoms. The van der Waals surface area contributed by atoms with Crippen LogP contribution in [0.15, 0.2) is 23.4 Å². The van der Waals surface area contributed by atoms with Gasteiger partial charge in [0.1, 0.15) is 12.4 Å². The van der Waals surface area contributed by atoms with Gasteiger partial charge in [-0.2, -0.15) is 9.97 Å². The number of hydrogen-bond acceptors (Lipinski definition) is 9. The van der Waals surface area contributed by atoms with Gasteiger partial charge in [-0.15, -0.1) is 10.2 Å². The fraction of sp³-hybridized carbons (Fsp3) is 0.450. The molecule has 0 aliphatic heterocycles. The summed E-state index contributed by atoms with van der Waals surface area (Å²) in [5, 5.41) is 18.0. The van der Waals surface area contributed by atoms with Crippen molar-refractivity contribution in [3.05, 3.63) is 29.3 Å². The maximum absolute atomic E-state index is 12.2. The fourth-order valence-corrected chi connectivity index (χ4v) is 3.71. The Balaban J connectivity index is 1.53. The Morgan fingerprint density at radius 1 is 1.06 bits per heavy atom. The molecule has 0 atom stereocenters. The van der Waals surface area contributed by atoms with Crippen LogP contribution in [0.2, 0.25) is 0 Å². The molecule has 3 aromatic rings. The smallest absolute Gasteiger partial charge is 0.261 e. The highest BCUT2D eigenvalue weighted by molar-refractivity contribution is 7.99. The van der Waals surface area contributed by atoms with E-state index in [1.807, 2.05) is 39.8 Å². The van der Waals surface area contributed by atoms with E-state index in [1.165, 1.54) is 11.8 Å². The minimum atomic E-state index is -0.110. The van der Waals surface area contributed by atoms with Gasteiger partial charge in [-0.3, -0.25) is 4.79 Å². The molecule has 0 fully saturated rings. The second-order valence-electron chi connectivity index (χ2n) is 6.86. The number of carbonyl (C=O) groups excluding carboxylic acids is 1. The van der Waals surface area contributed by atoms with Crippen LogP contribution in [0, 0.1) is 13.8 Å². The minimum absolute atomic E-state index is 0.110. The van der Waals surface area contributed by atoms with Crippen LogP contribution < -0.4 is 20.7 Å². The molecule has 166 valence electrons. The highest BCUT2D eigenvalue weighted by Crippen LogP contribution is 2.21. The lowest BCUT2D eigenvalue weighted by atomic mass is 10.1. The third-order valence-electron chi connectivity index (χ3n) is 4.14. The van der Waals surface area contributed by atoms with Gasteiger partial charge in [0.05, 0.1) is 12.3 Å². The second kappa shape index (κ2) is 10.8. The Morgan fingerprint density at radius 2 is 1.81 bits per heavy atom. The summed E-state index contributed by atoms with van der Waals surface area (Å²) in [5.74, 6) is 2.39. The molecular formula is C20H28N8O2S. The van der Waals surface area contributed by atoms with Crippen LogP contribution in [-0.4, -0.2) is 62.5 Å². The molecule has 0 saturated carbocycles. The summed E-state index contributed by atoms with van der Waals surface area (Å²) >= 11 is 1.28. The standard InChI is InChI=1S/C20H28N8O2S/c1-5-21-17-24-18(22-6-2)28-19(25-17)26-27-20(28)31-12-16(29)23-7-8-30-15-10-13(3)9-14(4)11-15/h9-11H,5-8,12H2,1-4H3,(H,23,29)(H2,21,22,24,25,26). The molecule has 0 bridgehead atoms. The number of ether oxygens (including phenoxy) is 1. The third kappa shape index (κ3) is 6.20. The number of aromatic nitrogens is 5. The van der Waals surface area contributed by atoms with E-state index in [0.29, 0.717) is 49.1 Å². The van der Waals surface area contributed by atoms with Gasteiger partial charge >= 0.3 is 0 Å². The van der Waals surface area contributed by atoms with Gasteiger partial charge in [0.15, 0.2) is 5.16 Å². The Kier molecular flexibility index (Phi) is 7.88. The van der Waals surface area contributed by atoms with E-state index < -0.39 is 0 Å². The van der Waals surface area contributed by atoms with Crippen LogP contribution >= 0.6 is 11.8 Å². The monoisotopic (exact) mass is 444 g/mol.